The van der Waals surface area contributed by atoms with Gasteiger partial charge in [-0.2, -0.15) is 0 Å². The van der Waals surface area contributed by atoms with E-state index in [0.717, 1.165) is 24.6 Å². The minimum Gasteiger partial charge on any atom is -0.338 e. The zero-order valence-corrected chi connectivity index (χ0v) is 11.3. The van der Waals surface area contributed by atoms with Crippen LogP contribution in [-0.2, 0) is 10.0 Å². The van der Waals surface area contributed by atoms with Gasteiger partial charge < -0.3 is 4.90 Å². The highest BCUT2D eigenvalue weighted by Crippen LogP contribution is 2.21. The van der Waals surface area contributed by atoms with E-state index in [-0.39, 0.29) is 10.5 Å². The van der Waals surface area contributed by atoms with E-state index in [1.165, 1.54) is 4.90 Å². The van der Waals surface area contributed by atoms with Crippen LogP contribution in [0.5, 0.6) is 0 Å². The van der Waals surface area contributed by atoms with E-state index in [9.17, 15) is 17.6 Å². The molecule has 1 aromatic carbocycles. The van der Waals surface area contributed by atoms with Crippen molar-refractivity contribution in [2.75, 3.05) is 13.1 Å². The van der Waals surface area contributed by atoms with Gasteiger partial charge in [-0.15, -0.1) is 0 Å². The number of nitrogens with two attached hydrogens (primary N) is 1. The molecule has 1 saturated heterocycles. The second-order valence-electron chi connectivity index (χ2n) is 4.83. The maximum Gasteiger partial charge on any atom is 0.256 e. The van der Waals surface area contributed by atoms with Crippen molar-refractivity contribution in [3.05, 3.63) is 29.6 Å². The Morgan fingerprint density at radius 2 is 2.16 bits per heavy atom. The number of benzene rings is 1. The van der Waals surface area contributed by atoms with Crippen molar-refractivity contribution in [2.24, 2.45) is 11.1 Å². The third-order valence-corrected chi connectivity index (χ3v) is 4.12. The molecule has 1 fully saturated rings. The summed E-state index contributed by atoms with van der Waals surface area (Å²) < 4.78 is 36.1. The topological polar surface area (TPSA) is 80.5 Å². The first kappa shape index (κ1) is 14.0. The summed E-state index contributed by atoms with van der Waals surface area (Å²) in [6.45, 7) is 3.11. The molecule has 0 aromatic heterocycles. The fraction of sp³-hybridized carbons (Fsp3) is 0.417. The van der Waals surface area contributed by atoms with Gasteiger partial charge in [-0.05, 0) is 30.5 Å². The number of hydrogen-bond acceptors (Lipinski definition) is 3. The Balaban J connectivity index is 2.36. The molecule has 7 heteroatoms. The van der Waals surface area contributed by atoms with Crippen LogP contribution in [0.25, 0.3) is 0 Å². The number of rotatable bonds is 2. The first-order chi connectivity index (χ1) is 8.79. The Morgan fingerprint density at radius 3 is 2.68 bits per heavy atom. The minimum atomic E-state index is -3.95. The van der Waals surface area contributed by atoms with Crippen LogP contribution >= 0.6 is 0 Å². The molecule has 1 aliphatic heterocycles. The summed E-state index contributed by atoms with van der Waals surface area (Å²) in [5.74, 6) is -0.863. The molecular formula is C12H15FN2O3S. The number of carbonyl (C=O) groups excluding carboxylic acids is 1. The molecule has 1 aliphatic rings. The lowest BCUT2D eigenvalue weighted by Crippen LogP contribution is -2.29. The summed E-state index contributed by atoms with van der Waals surface area (Å²) in [4.78, 5) is 13.4. The molecule has 5 nitrogen and oxygen atoms in total. The molecule has 0 aliphatic carbocycles. The molecule has 0 spiro atoms. The number of likely N-dealkylation sites (tertiary alicyclic amines) is 1. The lowest BCUT2D eigenvalue weighted by molar-refractivity contribution is 0.0783. The zero-order valence-electron chi connectivity index (χ0n) is 10.5. The van der Waals surface area contributed by atoms with Crippen molar-refractivity contribution < 1.29 is 17.6 Å². The third kappa shape index (κ3) is 2.93. The van der Waals surface area contributed by atoms with Crippen molar-refractivity contribution in [3.8, 4) is 0 Å². The standard InChI is InChI=1S/C12H15FN2O3S/c1-8-4-5-15(7-8)12(16)10-6-9(19(14,17)18)2-3-11(10)13/h2-3,6,8H,4-5,7H2,1H3,(H2,14,17,18). The normalized spacial score (nSPS) is 19.7. The van der Waals surface area contributed by atoms with Crippen molar-refractivity contribution >= 4 is 15.9 Å². The third-order valence-electron chi connectivity index (χ3n) is 3.21. The maximum atomic E-state index is 13.7. The van der Waals surface area contributed by atoms with Crippen LogP contribution < -0.4 is 5.14 Å². The van der Waals surface area contributed by atoms with E-state index in [0.29, 0.717) is 19.0 Å². The van der Waals surface area contributed by atoms with E-state index >= 15 is 0 Å². The lowest BCUT2D eigenvalue weighted by atomic mass is 10.1. The molecule has 1 amide bonds. The fourth-order valence-corrected chi connectivity index (χ4v) is 2.67. The van der Waals surface area contributed by atoms with Crippen molar-refractivity contribution in [1.29, 1.82) is 0 Å². The molecule has 1 aromatic rings. The fourth-order valence-electron chi connectivity index (χ4n) is 2.14. The first-order valence-electron chi connectivity index (χ1n) is 5.90. The number of nitrogens with zero attached hydrogens (tertiary/aromatic N) is 1. The lowest BCUT2D eigenvalue weighted by Gasteiger charge is -2.16. The van der Waals surface area contributed by atoms with Crippen LogP contribution in [0.2, 0.25) is 0 Å². The van der Waals surface area contributed by atoms with Gasteiger partial charge >= 0.3 is 0 Å². The zero-order chi connectivity index (χ0) is 14.2. The highest BCUT2D eigenvalue weighted by molar-refractivity contribution is 7.89. The molecule has 0 radical (unpaired) electrons. The quantitative estimate of drug-likeness (QED) is 0.879. The molecule has 2 N–H and O–H groups in total. The Bertz CT molecular complexity index is 615. The van der Waals surface area contributed by atoms with Crippen LogP contribution in [-0.4, -0.2) is 32.3 Å². The van der Waals surface area contributed by atoms with Gasteiger partial charge in [-0.25, -0.2) is 17.9 Å². The van der Waals surface area contributed by atoms with Gasteiger partial charge in [0.2, 0.25) is 10.0 Å². The van der Waals surface area contributed by atoms with E-state index < -0.39 is 21.7 Å². The van der Waals surface area contributed by atoms with Crippen LogP contribution in [0.15, 0.2) is 23.1 Å². The van der Waals surface area contributed by atoms with Crippen LogP contribution in [0.4, 0.5) is 4.39 Å². The van der Waals surface area contributed by atoms with E-state index in [1.807, 2.05) is 6.92 Å². The van der Waals surface area contributed by atoms with Crippen molar-refractivity contribution in [3.63, 3.8) is 0 Å². The van der Waals surface area contributed by atoms with Crippen LogP contribution in [0, 0.1) is 11.7 Å². The molecule has 2 rings (SSSR count). The molecule has 19 heavy (non-hydrogen) atoms. The maximum absolute atomic E-state index is 13.7. The highest BCUT2D eigenvalue weighted by atomic mass is 32.2. The number of carbonyl (C=O) groups is 1. The van der Waals surface area contributed by atoms with Gasteiger partial charge in [0.05, 0.1) is 10.5 Å². The molecular weight excluding hydrogens is 271 g/mol. The van der Waals surface area contributed by atoms with E-state index in [4.69, 9.17) is 5.14 Å². The van der Waals surface area contributed by atoms with E-state index in [2.05, 4.69) is 0 Å². The van der Waals surface area contributed by atoms with Crippen LogP contribution in [0.1, 0.15) is 23.7 Å². The summed E-state index contributed by atoms with van der Waals surface area (Å²) in [6.07, 6.45) is 0.863. The molecule has 104 valence electrons. The van der Waals surface area contributed by atoms with Crippen LogP contribution in [0.3, 0.4) is 0 Å². The second-order valence-corrected chi connectivity index (χ2v) is 6.39. The van der Waals surface area contributed by atoms with E-state index in [1.54, 1.807) is 0 Å². The Morgan fingerprint density at radius 1 is 1.47 bits per heavy atom. The molecule has 1 heterocycles. The predicted octanol–water partition coefficient (Wildman–Crippen LogP) is 0.955. The van der Waals surface area contributed by atoms with Crippen molar-refractivity contribution in [1.82, 2.24) is 4.90 Å². The molecule has 1 unspecified atom stereocenters. The average molecular weight is 286 g/mol. The number of halogens is 1. The van der Waals surface area contributed by atoms with Gasteiger partial charge in [0, 0.05) is 13.1 Å². The van der Waals surface area contributed by atoms with Gasteiger partial charge in [0.1, 0.15) is 5.82 Å². The summed E-state index contributed by atoms with van der Waals surface area (Å²) >= 11 is 0. The summed E-state index contributed by atoms with van der Waals surface area (Å²) in [5.41, 5.74) is -0.249. The van der Waals surface area contributed by atoms with Gasteiger partial charge in [0.15, 0.2) is 0 Å². The number of hydrogen-bond donors (Lipinski definition) is 1. The highest BCUT2D eigenvalue weighted by Gasteiger charge is 2.26. The number of amides is 1. The van der Waals surface area contributed by atoms with Gasteiger partial charge in [-0.1, -0.05) is 6.92 Å². The summed E-state index contributed by atoms with van der Waals surface area (Å²) in [5, 5.41) is 4.98. The Kier molecular flexibility index (Phi) is 3.60. The number of sulfonamides is 1. The largest absolute Gasteiger partial charge is 0.338 e. The second kappa shape index (κ2) is 4.90. The Labute approximate surface area is 111 Å². The summed E-state index contributed by atoms with van der Waals surface area (Å²) in [7, 11) is -3.95. The molecule has 0 saturated carbocycles. The van der Waals surface area contributed by atoms with Gasteiger partial charge in [-0.3, -0.25) is 4.79 Å². The number of primary sulfonamides is 1. The monoisotopic (exact) mass is 286 g/mol. The first-order valence-corrected chi connectivity index (χ1v) is 7.45. The minimum absolute atomic E-state index is 0.249. The molecule has 0 bridgehead atoms. The van der Waals surface area contributed by atoms with Gasteiger partial charge in [0.25, 0.3) is 5.91 Å². The SMILES string of the molecule is CC1CCN(C(=O)c2cc(S(N)(=O)=O)ccc2F)C1. The smallest absolute Gasteiger partial charge is 0.256 e. The predicted molar refractivity (Wildman–Crippen MR) is 67.5 cm³/mol. The Hall–Kier alpha value is -1.47. The molecule has 1 atom stereocenters. The average Bonchev–Trinajstić information content (AvgIpc) is 2.74. The summed E-state index contributed by atoms with van der Waals surface area (Å²) in [6, 6.07) is 3.00. The van der Waals surface area contributed by atoms with Crippen molar-refractivity contribution in [2.45, 2.75) is 18.2 Å².